The number of amides is 3. The maximum absolute atomic E-state index is 12.2. The second-order valence-corrected chi connectivity index (χ2v) is 7.89. The van der Waals surface area contributed by atoms with Gasteiger partial charge < -0.3 is 15.5 Å². The number of rotatable bonds is 9. The maximum atomic E-state index is 12.2. The van der Waals surface area contributed by atoms with Crippen molar-refractivity contribution < 1.29 is 19.2 Å². The van der Waals surface area contributed by atoms with E-state index in [0.29, 0.717) is 11.3 Å². The molecule has 0 aliphatic carbocycles. The maximum Gasteiger partial charge on any atom is 0.253 e. The fourth-order valence-electron chi connectivity index (χ4n) is 2.33. The number of halogens is 1. The first-order chi connectivity index (χ1) is 14.3. The zero-order valence-electron chi connectivity index (χ0n) is 16.6. The molecule has 158 valence electrons. The van der Waals surface area contributed by atoms with Gasteiger partial charge in [-0.3, -0.25) is 19.2 Å². The Morgan fingerprint density at radius 3 is 2.33 bits per heavy atom. The first-order valence-corrected chi connectivity index (χ1v) is 10.5. The number of anilines is 1. The molecule has 0 aliphatic rings. The quantitative estimate of drug-likeness (QED) is 0.576. The molecule has 0 fully saturated rings. The summed E-state index contributed by atoms with van der Waals surface area (Å²) < 4.78 is 0. The Morgan fingerprint density at radius 2 is 1.70 bits per heavy atom. The number of carbonyl (C=O) groups excluding carboxylic acids is 4. The summed E-state index contributed by atoms with van der Waals surface area (Å²) in [5.74, 6) is -0.756. The number of hydrogen-bond acceptors (Lipinski definition) is 5. The van der Waals surface area contributed by atoms with Crippen LogP contribution < -0.4 is 10.6 Å². The second-order valence-electron chi connectivity index (χ2n) is 6.50. The molecule has 30 heavy (non-hydrogen) atoms. The third-order valence-corrected chi connectivity index (χ3v) is 5.20. The lowest BCUT2D eigenvalue weighted by Gasteiger charge is -2.12. The Kier molecular flexibility index (Phi) is 8.89. The van der Waals surface area contributed by atoms with E-state index in [2.05, 4.69) is 10.6 Å². The number of ketones is 1. The van der Waals surface area contributed by atoms with Crippen molar-refractivity contribution in [1.82, 2.24) is 10.2 Å². The van der Waals surface area contributed by atoms with Gasteiger partial charge in [0, 0.05) is 25.3 Å². The van der Waals surface area contributed by atoms with Crippen molar-refractivity contribution in [3.05, 3.63) is 64.7 Å². The van der Waals surface area contributed by atoms with Gasteiger partial charge in [-0.15, -0.1) is 11.8 Å². The molecule has 9 heteroatoms. The summed E-state index contributed by atoms with van der Waals surface area (Å²) in [6, 6.07) is 13.4. The number of hydrogen-bond donors (Lipinski definition) is 2. The van der Waals surface area contributed by atoms with Crippen molar-refractivity contribution in [3.63, 3.8) is 0 Å². The lowest BCUT2D eigenvalue weighted by atomic mass is 10.2. The molecule has 0 saturated carbocycles. The minimum absolute atomic E-state index is 0.0421. The monoisotopic (exact) mass is 447 g/mol. The summed E-state index contributed by atoms with van der Waals surface area (Å²) in [5, 5.41) is 5.32. The van der Waals surface area contributed by atoms with Crippen LogP contribution in [-0.4, -0.2) is 60.6 Å². The number of Topliss-reactive ketones (excluding diaryl/α,β-unsaturated/α-hetero) is 1. The predicted octanol–water partition coefficient (Wildman–Crippen LogP) is 2.71. The van der Waals surface area contributed by atoms with Crippen LogP contribution in [0.1, 0.15) is 20.7 Å². The van der Waals surface area contributed by atoms with Gasteiger partial charge in [0.15, 0.2) is 5.78 Å². The van der Waals surface area contributed by atoms with E-state index in [4.69, 9.17) is 11.6 Å². The number of thioether (sulfide) groups is 1. The molecule has 3 amide bonds. The minimum Gasteiger partial charge on any atom is -0.347 e. The summed E-state index contributed by atoms with van der Waals surface area (Å²) in [7, 11) is 3.18. The molecule has 0 heterocycles. The lowest BCUT2D eigenvalue weighted by Crippen LogP contribution is -2.36. The lowest BCUT2D eigenvalue weighted by molar-refractivity contribution is -0.127. The number of carbonyl (C=O) groups is 4. The second kappa shape index (κ2) is 11.4. The first-order valence-electron chi connectivity index (χ1n) is 9.01. The summed E-state index contributed by atoms with van der Waals surface area (Å²) in [6.07, 6.45) is 0. The Morgan fingerprint density at radius 1 is 1.00 bits per heavy atom. The molecule has 7 nitrogen and oxygen atoms in total. The summed E-state index contributed by atoms with van der Waals surface area (Å²) in [6.45, 7) is -0.139. The average Bonchev–Trinajstić information content (AvgIpc) is 2.72. The summed E-state index contributed by atoms with van der Waals surface area (Å²) in [4.78, 5) is 49.2. The van der Waals surface area contributed by atoms with Gasteiger partial charge in [-0.1, -0.05) is 41.9 Å². The molecule has 0 bridgehead atoms. The van der Waals surface area contributed by atoms with Crippen LogP contribution in [0.25, 0.3) is 0 Å². The molecule has 0 radical (unpaired) electrons. The van der Waals surface area contributed by atoms with Crippen LogP contribution in [0.3, 0.4) is 0 Å². The predicted molar refractivity (Wildman–Crippen MR) is 119 cm³/mol. The molecular formula is C21H22ClN3O4S. The molecule has 0 unspecified atom stereocenters. The van der Waals surface area contributed by atoms with Crippen LogP contribution in [0.5, 0.6) is 0 Å². The van der Waals surface area contributed by atoms with E-state index in [1.807, 2.05) is 6.07 Å². The molecular weight excluding hydrogens is 426 g/mol. The highest BCUT2D eigenvalue weighted by molar-refractivity contribution is 8.00. The molecule has 0 atom stereocenters. The van der Waals surface area contributed by atoms with Gasteiger partial charge in [0.05, 0.1) is 28.6 Å². The molecule has 0 aromatic heterocycles. The highest BCUT2D eigenvalue weighted by Gasteiger charge is 2.14. The van der Waals surface area contributed by atoms with E-state index >= 15 is 0 Å². The van der Waals surface area contributed by atoms with Crippen molar-refractivity contribution >= 4 is 52.6 Å². The Balaban J connectivity index is 1.83. The van der Waals surface area contributed by atoms with Gasteiger partial charge in [-0.2, -0.15) is 0 Å². The fraction of sp³-hybridized carbons (Fsp3) is 0.238. The van der Waals surface area contributed by atoms with E-state index < -0.39 is 5.91 Å². The molecule has 2 aromatic rings. The van der Waals surface area contributed by atoms with E-state index in [1.54, 1.807) is 44.4 Å². The molecule has 0 aliphatic heterocycles. The highest BCUT2D eigenvalue weighted by atomic mass is 35.5. The third-order valence-electron chi connectivity index (χ3n) is 3.96. The topological polar surface area (TPSA) is 95.6 Å². The summed E-state index contributed by atoms with van der Waals surface area (Å²) >= 11 is 7.35. The number of benzene rings is 2. The number of nitrogens with zero attached hydrogens (tertiary/aromatic N) is 1. The third kappa shape index (κ3) is 7.20. The number of likely N-dealkylation sites (N-methyl/N-ethyl adjacent to an activating group) is 1. The van der Waals surface area contributed by atoms with Gasteiger partial charge >= 0.3 is 0 Å². The minimum atomic E-state index is -0.483. The van der Waals surface area contributed by atoms with E-state index in [9.17, 15) is 19.2 Å². The van der Waals surface area contributed by atoms with Crippen LogP contribution in [0.15, 0.2) is 48.5 Å². The van der Waals surface area contributed by atoms with Gasteiger partial charge in [0.25, 0.3) is 5.91 Å². The molecule has 2 rings (SSSR count). The van der Waals surface area contributed by atoms with Crippen molar-refractivity contribution in [2.45, 2.75) is 0 Å². The molecule has 2 N–H and O–H groups in total. The highest BCUT2D eigenvalue weighted by Crippen LogP contribution is 2.21. The zero-order valence-corrected chi connectivity index (χ0v) is 18.2. The number of nitrogens with one attached hydrogen (secondary N) is 2. The van der Waals surface area contributed by atoms with Crippen molar-refractivity contribution in [2.24, 2.45) is 0 Å². The Bertz CT molecular complexity index is 935. The average molecular weight is 448 g/mol. The Labute approximate surface area is 184 Å². The smallest absolute Gasteiger partial charge is 0.253 e. The van der Waals surface area contributed by atoms with Crippen LogP contribution in [0.2, 0.25) is 5.02 Å². The van der Waals surface area contributed by atoms with Gasteiger partial charge in [-0.05, 0) is 18.2 Å². The zero-order chi connectivity index (χ0) is 22.1. The van der Waals surface area contributed by atoms with E-state index in [1.165, 1.54) is 28.8 Å². The van der Waals surface area contributed by atoms with Crippen LogP contribution in [-0.2, 0) is 9.59 Å². The van der Waals surface area contributed by atoms with E-state index in [0.717, 1.165) is 0 Å². The summed E-state index contributed by atoms with van der Waals surface area (Å²) in [5.41, 5.74) is 1.24. The van der Waals surface area contributed by atoms with Crippen molar-refractivity contribution in [1.29, 1.82) is 0 Å². The molecule has 0 spiro atoms. The largest absolute Gasteiger partial charge is 0.347 e. The van der Waals surface area contributed by atoms with Gasteiger partial charge in [0.1, 0.15) is 0 Å². The Hall–Kier alpha value is -2.84. The molecule has 0 saturated heterocycles. The van der Waals surface area contributed by atoms with Gasteiger partial charge in [-0.25, -0.2) is 0 Å². The van der Waals surface area contributed by atoms with Crippen LogP contribution >= 0.6 is 23.4 Å². The fourth-order valence-corrected chi connectivity index (χ4v) is 3.31. The van der Waals surface area contributed by atoms with Crippen LogP contribution in [0.4, 0.5) is 5.69 Å². The van der Waals surface area contributed by atoms with Gasteiger partial charge in [0.2, 0.25) is 11.8 Å². The standard InChI is InChI=1S/C21H22ClN3O4S/c1-25(2)20(28)11-23-21(29)16-9-8-15(10-17(16)22)24-19(27)13-30-12-18(26)14-6-4-3-5-7-14/h3-10H,11-13H2,1-2H3,(H,23,29)(H,24,27). The van der Waals surface area contributed by atoms with E-state index in [-0.39, 0.29) is 46.2 Å². The first kappa shape index (κ1) is 23.4. The SMILES string of the molecule is CN(C)C(=O)CNC(=O)c1ccc(NC(=O)CSCC(=O)c2ccccc2)cc1Cl. The van der Waals surface area contributed by atoms with Crippen molar-refractivity contribution in [3.8, 4) is 0 Å². The van der Waals surface area contributed by atoms with Crippen LogP contribution in [0, 0.1) is 0 Å². The normalized spacial score (nSPS) is 10.2. The van der Waals surface area contributed by atoms with Crippen molar-refractivity contribution in [2.75, 3.05) is 37.5 Å². The molecule has 2 aromatic carbocycles.